The molecule has 0 aromatic heterocycles. The van der Waals surface area contributed by atoms with Gasteiger partial charge >= 0.3 is 11.9 Å². The average Bonchev–Trinajstić information content (AvgIpc) is 2.60. The molecule has 0 radical (unpaired) electrons. The Morgan fingerprint density at radius 2 is 1.08 bits per heavy atom. The average molecular weight is 378 g/mol. The van der Waals surface area contributed by atoms with Crippen LogP contribution in [0, 0.1) is 5.41 Å². The molecule has 26 heavy (non-hydrogen) atoms. The molecule has 0 aromatic carbocycles. The minimum Gasteiger partial charge on any atom is -0.463 e. The number of esters is 2. The summed E-state index contributed by atoms with van der Waals surface area (Å²) in [5, 5.41) is 0. The molecule has 0 atom stereocenters. The fourth-order valence-corrected chi connectivity index (χ4v) is 2.03. The Balaban J connectivity index is 3.97. The Kier molecular flexibility index (Phi) is 15.2. The molecule has 0 aromatic rings. The Morgan fingerprint density at radius 1 is 0.692 bits per heavy atom. The second-order valence-electron chi connectivity index (χ2n) is 6.17. The third-order valence-electron chi connectivity index (χ3n) is 3.84. The lowest BCUT2D eigenvalue weighted by Gasteiger charge is -2.26. The fraction of sp³-hybridized carbons (Fsp3) is 0.889. The molecule has 8 nitrogen and oxygen atoms in total. The van der Waals surface area contributed by atoms with Crippen LogP contribution < -0.4 is 0 Å². The summed E-state index contributed by atoms with van der Waals surface area (Å²) in [7, 11) is 3.18. The third kappa shape index (κ3) is 14.0. The molecule has 154 valence electrons. The van der Waals surface area contributed by atoms with Gasteiger partial charge in [-0.2, -0.15) is 0 Å². The number of rotatable bonds is 17. The zero-order valence-electron chi connectivity index (χ0n) is 16.5. The summed E-state index contributed by atoms with van der Waals surface area (Å²) in [5.74, 6) is -0.694. The van der Waals surface area contributed by atoms with Gasteiger partial charge in [-0.15, -0.1) is 0 Å². The maximum absolute atomic E-state index is 12.0. The van der Waals surface area contributed by atoms with E-state index in [1.54, 1.807) is 14.2 Å². The van der Waals surface area contributed by atoms with Crippen molar-refractivity contribution >= 4 is 11.9 Å². The molecule has 0 N–H and O–H groups in total. The van der Waals surface area contributed by atoms with Crippen LogP contribution in [0.5, 0.6) is 0 Å². The van der Waals surface area contributed by atoms with Gasteiger partial charge in [-0.3, -0.25) is 9.59 Å². The predicted molar refractivity (Wildman–Crippen MR) is 94.9 cm³/mol. The highest BCUT2D eigenvalue weighted by Crippen LogP contribution is 2.31. The summed E-state index contributed by atoms with van der Waals surface area (Å²) in [6.07, 6.45) is 0.966. The van der Waals surface area contributed by atoms with Crippen molar-refractivity contribution in [1.82, 2.24) is 0 Å². The lowest BCUT2D eigenvalue weighted by molar-refractivity contribution is -0.152. The molecule has 0 aliphatic carbocycles. The quantitative estimate of drug-likeness (QED) is 0.278. The van der Waals surface area contributed by atoms with Gasteiger partial charge < -0.3 is 28.4 Å². The van der Waals surface area contributed by atoms with Gasteiger partial charge in [-0.25, -0.2) is 0 Å². The molecule has 0 heterocycles. The first-order valence-corrected chi connectivity index (χ1v) is 8.92. The van der Waals surface area contributed by atoms with Crippen molar-refractivity contribution in [3.63, 3.8) is 0 Å². The minimum atomic E-state index is -0.498. The van der Waals surface area contributed by atoms with Crippen LogP contribution in [0.15, 0.2) is 0 Å². The highest BCUT2D eigenvalue weighted by molar-refractivity contribution is 5.74. The maximum atomic E-state index is 12.0. The van der Waals surface area contributed by atoms with Crippen molar-refractivity contribution in [2.45, 2.75) is 33.1 Å². The van der Waals surface area contributed by atoms with Crippen LogP contribution in [0.4, 0.5) is 0 Å². The molecule has 8 heteroatoms. The molecular weight excluding hydrogens is 344 g/mol. The normalized spacial score (nSPS) is 11.4. The van der Waals surface area contributed by atoms with E-state index < -0.39 is 5.41 Å². The van der Waals surface area contributed by atoms with E-state index in [0.29, 0.717) is 46.1 Å². The van der Waals surface area contributed by atoms with E-state index in [4.69, 9.17) is 28.4 Å². The van der Waals surface area contributed by atoms with Crippen molar-refractivity contribution in [2.75, 3.05) is 67.1 Å². The summed E-state index contributed by atoms with van der Waals surface area (Å²) in [6, 6.07) is 0. The fourth-order valence-electron chi connectivity index (χ4n) is 2.03. The molecule has 0 amide bonds. The van der Waals surface area contributed by atoms with E-state index in [1.165, 1.54) is 0 Å². The molecule has 0 aliphatic heterocycles. The van der Waals surface area contributed by atoms with Crippen molar-refractivity contribution in [3.05, 3.63) is 0 Å². The highest BCUT2D eigenvalue weighted by atomic mass is 16.6. The molecule has 0 saturated carbocycles. The number of hydrogen-bond donors (Lipinski definition) is 0. The van der Waals surface area contributed by atoms with Gasteiger partial charge in [0.25, 0.3) is 0 Å². The highest BCUT2D eigenvalue weighted by Gasteiger charge is 2.30. The van der Waals surface area contributed by atoms with Gasteiger partial charge in [0.15, 0.2) is 0 Å². The second kappa shape index (κ2) is 16.0. The number of carbonyl (C=O) groups is 2. The lowest BCUT2D eigenvalue weighted by Crippen LogP contribution is -2.27. The van der Waals surface area contributed by atoms with Crippen LogP contribution in [0.25, 0.3) is 0 Å². The van der Waals surface area contributed by atoms with Crippen LogP contribution >= 0.6 is 0 Å². The van der Waals surface area contributed by atoms with Crippen LogP contribution in [0.1, 0.15) is 33.1 Å². The summed E-state index contributed by atoms with van der Waals surface area (Å²) in [4.78, 5) is 23.9. The zero-order valence-corrected chi connectivity index (χ0v) is 16.5. The number of hydrogen-bond acceptors (Lipinski definition) is 8. The first-order chi connectivity index (χ1) is 12.5. The van der Waals surface area contributed by atoms with Crippen molar-refractivity contribution in [1.29, 1.82) is 0 Å². The Hall–Kier alpha value is -1.22. The van der Waals surface area contributed by atoms with E-state index >= 15 is 0 Å². The first-order valence-electron chi connectivity index (χ1n) is 8.92. The Morgan fingerprint density at radius 3 is 1.42 bits per heavy atom. The summed E-state index contributed by atoms with van der Waals surface area (Å²) in [5.41, 5.74) is -0.498. The SMILES string of the molecule is CCC(C)(CC(=O)OCCOCCOC)CC(=O)OCCOCCOC. The van der Waals surface area contributed by atoms with Crippen LogP contribution in [-0.4, -0.2) is 79.0 Å². The Bertz CT molecular complexity index is 342. The van der Waals surface area contributed by atoms with E-state index in [1.807, 2.05) is 13.8 Å². The third-order valence-corrected chi connectivity index (χ3v) is 3.84. The lowest BCUT2D eigenvalue weighted by atomic mass is 9.81. The molecule has 0 fully saturated rings. The molecule has 0 bridgehead atoms. The molecule has 0 rings (SSSR count). The van der Waals surface area contributed by atoms with Crippen molar-refractivity contribution < 1.29 is 38.0 Å². The van der Waals surface area contributed by atoms with Crippen molar-refractivity contribution in [2.24, 2.45) is 5.41 Å². The number of methoxy groups -OCH3 is 2. The van der Waals surface area contributed by atoms with Gasteiger partial charge in [0.2, 0.25) is 0 Å². The van der Waals surface area contributed by atoms with Gasteiger partial charge in [-0.05, 0) is 11.8 Å². The zero-order chi connectivity index (χ0) is 19.7. The van der Waals surface area contributed by atoms with E-state index in [2.05, 4.69) is 0 Å². The van der Waals surface area contributed by atoms with Crippen LogP contribution in [0.2, 0.25) is 0 Å². The van der Waals surface area contributed by atoms with E-state index in [-0.39, 0.29) is 38.0 Å². The number of ether oxygens (including phenoxy) is 6. The van der Waals surface area contributed by atoms with Crippen LogP contribution in [-0.2, 0) is 38.0 Å². The smallest absolute Gasteiger partial charge is 0.306 e. The van der Waals surface area contributed by atoms with Gasteiger partial charge in [0, 0.05) is 14.2 Å². The summed E-state index contributed by atoms with van der Waals surface area (Å²) >= 11 is 0. The van der Waals surface area contributed by atoms with Gasteiger partial charge in [0.1, 0.15) is 13.2 Å². The van der Waals surface area contributed by atoms with Gasteiger partial charge in [-0.1, -0.05) is 13.8 Å². The van der Waals surface area contributed by atoms with E-state index in [9.17, 15) is 9.59 Å². The second-order valence-corrected chi connectivity index (χ2v) is 6.17. The minimum absolute atomic E-state index is 0.154. The molecule has 0 unspecified atom stereocenters. The van der Waals surface area contributed by atoms with Crippen molar-refractivity contribution in [3.8, 4) is 0 Å². The van der Waals surface area contributed by atoms with Crippen LogP contribution in [0.3, 0.4) is 0 Å². The predicted octanol–water partition coefficient (Wildman–Crippen LogP) is 1.60. The molecule has 0 spiro atoms. The monoisotopic (exact) mass is 378 g/mol. The van der Waals surface area contributed by atoms with Gasteiger partial charge in [0.05, 0.1) is 52.5 Å². The number of carbonyl (C=O) groups excluding carboxylic acids is 2. The standard InChI is InChI=1S/C18H34O8/c1-5-18(2,14-16(19)25-12-10-23-8-6-21-3)15-17(20)26-13-11-24-9-7-22-4/h5-15H2,1-4H3. The maximum Gasteiger partial charge on any atom is 0.306 e. The molecule has 0 aliphatic rings. The Labute approximate surface area is 156 Å². The largest absolute Gasteiger partial charge is 0.463 e. The summed E-state index contributed by atoms with van der Waals surface area (Å²) in [6.45, 7) is 6.75. The summed E-state index contributed by atoms with van der Waals surface area (Å²) < 4.78 is 30.5. The molecule has 0 saturated heterocycles. The topological polar surface area (TPSA) is 89.5 Å². The molecular formula is C18H34O8. The first kappa shape index (κ1) is 24.8. The van der Waals surface area contributed by atoms with E-state index in [0.717, 1.165) is 0 Å².